The van der Waals surface area contributed by atoms with Crippen LogP contribution in [0.2, 0.25) is 0 Å². The van der Waals surface area contributed by atoms with Gasteiger partial charge in [-0.3, -0.25) is 0 Å². The molecule has 2 aromatic rings. The zero-order valence-electron chi connectivity index (χ0n) is 14.9. The maximum absolute atomic E-state index is 12.6. The van der Waals surface area contributed by atoms with Gasteiger partial charge in [0.15, 0.2) is 0 Å². The lowest BCUT2D eigenvalue weighted by atomic mass is 10.1. The van der Waals surface area contributed by atoms with Crippen molar-refractivity contribution in [2.24, 2.45) is 0 Å². The predicted octanol–water partition coefficient (Wildman–Crippen LogP) is 2.93. The molecule has 1 aliphatic rings. The van der Waals surface area contributed by atoms with Crippen molar-refractivity contribution in [2.75, 3.05) is 18.1 Å². The van der Waals surface area contributed by atoms with Gasteiger partial charge in [-0.2, -0.15) is 4.72 Å². The highest BCUT2D eigenvalue weighted by atomic mass is 32.2. The molecular weight excluding hydrogens is 352 g/mol. The number of carbonyl (C=O) groups is 1. The molecule has 0 fully saturated rings. The van der Waals surface area contributed by atoms with Crippen LogP contribution in [0.3, 0.4) is 0 Å². The molecule has 3 rings (SSSR count). The number of hydrogen-bond acceptors (Lipinski definition) is 5. The predicted molar refractivity (Wildman–Crippen MR) is 100 cm³/mol. The van der Waals surface area contributed by atoms with Crippen molar-refractivity contribution in [3.63, 3.8) is 0 Å². The monoisotopic (exact) mass is 374 g/mol. The number of hydrogen-bond donors (Lipinski definition) is 1. The average Bonchev–Trinajstić information content (AvgIpc) is 2.63. The molecule has 0 unspecified atom stereocenters. The fourth-order valence-electron chi connectivity index (χ4n) is 2.96. The van der Waals surface area contributed by atoms with E-state index in [1.165, 1.54) is 6.07 Å². The number of benzene rings is 2. The Bertz CT molecular complexity index is 925. The van der Waals surface area contributed by atoms with E-state index in [4.69, 9.17) is 4.74 Å². The third kappa shape index (κ3) is 3.59. The summed E-state index contributed by atoms with van der Waals surface area (Å²) in [4.78, 5) is 14.6. The Morgan fingerprint density at radius 1 is 1.19 bits per heavy atom. The van der Waals surface area contributed by atoms with Crippen LogP contribution in [0, 0.1) is 0 Å². The molecule has 26 heavy (non-hydrogen) atoms. The fraction of sp³-hybridized carbons (Fsp3) is 0.316. The van der Waals surface area contributed by atoms with Crippen molar-refractivity contribution in [2.45, 2.75) is 31.6 Å². The van der Waals surface area contributed by atoms with Crippen LogP contribution in [0.25, 0.3) is 0 Å². The second-order valence-corrected chi connectivity index (χ2v) is 7.83. The minimum absolute atomic E-state index is 0.0990. The SMILES string of the molecule is CCCc1ccccc1OC(=O)c1ccc2c(c1)S(=O)(=O)NCN2CC. The normalized spacial score (nSPS) is 15.4. The lowest BCUT2D eigenvalue weighted by Crippen LogP contribution is -2.43. The van der Waals surface area contributed by atoms with E-state index >= 15 is 0 Å². The number of nitrogens with zero attached hydrogens (tertiary/aromatic N) is 1. The van der Waals surface area contributed by atoms with E-state index in [-0.39, 0.29) is 17.1 Å². The highest BCUT2D eigenvalue weighted by Gasteiger charge is 2.28. The van der Waals surface area contributed by atoms with Crippen LogP contribution in [0.15, 0.2) is 47.4 Å². The van der Waals surface area contributed by atoms with Gasteiger partial charge in [0.25, 0.3) is 0 Å². The van der Waals surface area contributed by atoms with Crippen molar-refractivity contribution in [3.05, 3.63) is 53.6 Å². The zero-order valence-corrected chi connectivity index (χ0v) is 15.7. The van der Waals surface area contributed by atoms with Gasteiger partial charge in [-0.25, -0.2) is 13.2 Å². The first-order valence-electron chi connectivity index (χ1n) is 8.65. The average molecular weight is 374 g/mol. The van der Waals surface area contributed by atoms with Crippen LogP contribution >= 0.6 is 0 Å². The highest BCUT2D eigenvalue weighted by molar-refractivity contribution is 7.89. The molecule has 1 aliphatic heterocycles. The Balaban J connectivity index is 1.92. The Morgan fingerprint density at radius 2 is 1.96 bits per heavy atom. The smallest absolute Gasteiger partial charge is 0.343 e. The summed E-state index contributed by atoms with van der Waals surface area (Å²) in [5, 5.41) is 0. The Hall–Kier alpha value is -2.38. The summed E-state index contributed by atoms with van der Waals surface area (Å²) in [5.41, 5.74) is 1.75. The number of sulfonamides is 1. The standard InChI is InChI=1S/C19H22N2O4S/c1-3-7-14-8-5-6-9-17(14)25-19(22)15-10-11-16-18(12-15)26(23,24)20-13-21(16)4-2/h5-6,8-12,20H,3-4,7,13H2,1-2H3. The molecule has 0 atom stereocenters. The number of ether oxygens (including phenoxy) is 1. The molecule has 0 bridgehead atoms. The number of nitrogens with one attached hydrogen (secondary N) is 1. The third-order valence-electron chi connectivity index (χ3n) is 4.35. The lowest BCUT2D eigenvalue weighted by molar-refractivity contribution is 0.0733. The van der Waals surface area contributed by atoms with Gasteiger partial charge in [-0.1, -0.05) is 31.5 Å². The van der Waals surface area contributed by atoms with Gasteiger partial charge >= 0.3 is 5.97 Å². The summed E-state index contributed by atoms with van der Waals surface area (Å²) in [6.07, 6.45) is 1.74. The summed E-state index contributed by atoms with van der Waals surface area (Å²) < 4.78 is 32.7. The molecule has 0 aliphatic carbocycles. The molecule has 6 nitrogen and oxygen atoms in total. The lowest BCUT2D eigenvalue weighted by Gasteiger charge is -2.30. The van der Waals surface area contributed by atoms with Crippen LogP contribution in [-0.4, -0.2) is 27.6 Å². The van der Waals surface area contributed by atoms with Gasteiger partial charge in [0, 0.05) is 6.54 Å². The van der Waals surface area contributed by atoms with E-state index in [1.807, 2.05) is 30.0 Å². The van der Waals surface area contributed by atoms with Crippen molar-refractivity contribution in [1.82, 2.24) is 4.72 Å². The van der Waals surface area contributed by atoms with Crippen molar-refractivity contribution in [1.29, 1.82) is 0 Å². The van der Waals surface area contributed by atoms with Crippen molar-refractivity contribution < 1.29 is 17.9 Å². The molecule has 1 N–H and O–H groups in total. The molecule has 138 valence electrons. The summed E-state index contributed by atoms with van der Waals surface area (Å²) in [7, 11) is -3.63. The van der Waals surface area contributed by atoms with Crippen LogP contribution in [0.1, 0.15) is 36.2 Å². The number of esters is 1. The number of carbonyl (C=O) groups excluding carboxylic acids is 1. The molecule has 0 amide bonds. The topological polar surface area (TPSA) is 75.7 Å². The van der Waals surface area contributed by atoms with Gasteiger partial charge < -0.3 is 9.64 Å². The second-order valence-electron chi connectivity index (χ2n) is 6.09. The molecule has 0 saturated carbocycles. The fourth-order valence-corrected chi connectivity index (χ4v) is 4.20. The summed E-state index contributed by atoms with van der Waals surface area (Å²) in [6, 6.07) is 12.0. The minimum Gasteiger partial charge on any atom is -0.423 e. The minimum atomic E-state index is -3.63. The number of fused-ring (bicyclic) bond motifs is 1. The van der Waals surface area contributed by atoms with Crippen molar-refractivity contribution >= 4 is 21.7 Å². The van der Waals surface area contributed by atoms with E-state index < -0.39 is 16.0 Å². The maximum atomic E-state index is 12.6. The molecule has 0 aromatic heterocycles. The molecule has 0 spiro atoms. The quantitative estimate of drug-likeness (QED) is 0.643. The molecule has 2 aromatic carbocycles. The third-order valence-corrected chi connectivity index (χ3v) is 5.76. The number of anilines is 1. The molecular formula is C19H22N2O4S. The van der Waals surface area contributed by atoms with Gasteiger partial charge in [0.05, 0.1) is 17.9 Å². The first-order chi connectivity index (χ1) is 12.5. The molecule has 0 radical (unpaired) electrons. The first-order valence-corrected chi connectivity index (χ1v) is 10.1. The number of aryl methyl sites for hydroxylation is 1. The van der Waals surface area contributed by atoms with Gasteiger partial charge in [0.2, 0.25) is 10.0 Å². The van der Waals surface area contributed by atoms with Crippen LogP contribution in [0.5, 0.6) is 5.75 Å². The Labute approximate surface area is 153 Å². The van der Waals surface area contributed by atoms with Crippen LogP contribution < -0.4 is 14.4 Å². The van der Waals surface area contributed by atoms with Gasteiger partial charge in [-0.05, 0) is 43.2 Å². The van der Waals surface area contributed by atoms with E-state index in [0.29, 0.717) is 18.0 Å². The van der Waals surface area contributed by atoms with E-state index in [0.717, 1.165) is 18.4 Å². The van der Waals surface area contributed by atoms with Crippen molar-refractivity contribution in [3.8, 4) is 5.75 Å². The van der Waals surface area contributed by atoms with Crippen LogP contribution in [-0.2, 0) is 16.4 Å². The largest absolute Gasteiger partial charge is 0.423 e. The summed E-state index contributed by atoms with van der Waals surface area (Å²) >= 11 is 0. The van der Waals surface area contributed by atoms with Crippen LogP contribution in [0.4, 0.5) is 5.69 Å². The van der Waals surface area contributed by atoms with E-state index in [2.05, 4.69) is 11.6 Å². The molecule has 7 heteroatoms. The Kier molecular flexibility index (Phi) is 5.29. The molecule has 0 saturated heterocycles. The number of rotatable bonds is 5. The van der Waals surface area contributed by atoms with Gasteiger partial charge in [0.1, 0.15) is 10.6 Å². The zero-order chi connectivity index (χ0) is 18.7. The number of para-hydroxylation sites is 1. The van der Waals surface area contributed by atoms with E-state index in [9.17, 15) is 13.2 Å². The highest BCUT2D eigenvalue weighted by Crippen LogP contribution is 2.30. The molecule has 1 heterocycles. The maximum Gasteiger partial charge on any atom is 0.343 e. The Morgan fingerprint density at radius 3 is 2.69 bits per heavy atom. The first kappa shape index (κ1) is 18.4. The van der Waals surface area contributed by atoms with Gasteiger partial charge in [-0.15, -0.1) is 0 Å². The summed E-state index contributed by atoms with van der Waals surface area (Å²) in [5.74, 6) is -0.0617. The second kappa shape index (κ2) is 7.47. The summed E-state index contributed by atoms with van der Waals surface area (Å²) in [6.45, 7) is 4.87. The van der Waals surface area contributed by atoms with E-state index in [1.54, 1.807) is 18.2 Å².